The van der Waals surface area contributed by atoms with Crippen LogP contribution in [0.25, 0.3) is 11.1 Å². The molecule has 0 unspecified atom stereocenters. The summed E-state index contributed by atoms with van der Waals surface area (Å²) in [5, 5.41) is 5.87. The van der Waals surface area contributed by atoms with E-state index in [2.05, 4.69) is 10.6 Å². The van der Waals surface area contributed by atoms with Gasteiger partial charge in [-0.25, -0.2) is 0 Å². The quantitative estimate of drug-likeness (QED) is 0.419. The molecule has 0 atom stereocenters. The van der Waals surface area contributed by atoms with Crippen molar-refractivity contribution in [3.63, 3.8) is 0 Å². The lowest BCUT2D eigenvalue weighted by atomic mass is 10.0. The number of rotatable bonds is 7. The first-order valence-electron chi connectivity index (χ1n) is 11.2. The zero-order valence-corrected chi connectivity index (χ0v) is 19.4. The minimum absolute atomic E-state index is 0.0766. The Kier molecular flexibility index (Phi) is 7.08. The maximum Gasteiger partial charge on any atom is 0.290 e. The molecule has 4 rings (SSSR count). The van der Waals surface area contributed by atoms with E-state index in [4.69, 9.17) is 0 Å². The molecule has 2 N–H and O–H groups in total. The Hall–Kier alpha value is -4.32. The molecular formula is C28H28N4O2+2. The van der Waals surface area contributed by atoms with E-state index in [1.165, 1.54) is 0 Å². The number of aromatic nitrogens is 2. The van der Waals surface area contributed by atoms with Gasteiger partial charge in [-0.1, -0.05) is 24.3 Å². The lowest BCUT2D eigenvalue weighted by Crippen LogP contribution is -2.39. The fraction of sp³-hybridized carbons (Fsp3) is 0.143. The minimum atomic E-state index is -0.0766. The van der Waals surface area contributed by atoms with Gasteiger partial charge in [-0.2, -0.15) is 9.13 Å². The topological polar surface area (TPSA) is 66.0 Å². The lowest BCUT2D eigenvalue weighted by molar-refractivity contribution is -0.684. The van der Waals surface area contributed by atoms with Crippen LogP contribution in [0.15, 0.2) is 97.6 Å². The Balaban J connectivity index is 1.32. The van der Waals surface area contributed by atoms with Crippen LogP contribution in [0.2, 0.25) is 0 Å². The third kappa shape index (κ3) is 6.36. The summed E-state index contributed by atoms with van der Waals surface area (Å²) in [5.74, 6) is -0.153. The number of nitrogens with zero attached hydrogens (tertiary/aromatic N) is 2. The molecule has 2 aromatic carbocycles. The highest BCUT2D eigenvalue weighted by Crippen LogP contribution is 2.23. The molecule has 0 bridgehead atoms. The predicted molar refractivity (Wildman–Crippen MR) is 132 cm³/mol. The number of benzene rings is 2. The number of amides is 2. The van der Waals surface area contributed by atoms with E-state index < -0.39 is 0 Å². The summed E-state index contributed by atoms with van der Waals surface area (Å²) in [7, 11) is 0. The number of anilines is 2. The summed E-state index contributed by atoms with van der Waals surface area (Å²) in [4.78, 5) is 24.7. The molecule has 34 heavy (non-hydrogen) atoms. The number of carbonyl (C=O) groups is 2. The average molecular weight is 453 g/mol. The van der Waals surface area contributed by atoms with E-state index in [0.29, 0.717) is 0 Å². The van der Waals surface area contributed by atoms with Gasteiger partial charge in [0.25, 0.3) is 11.8 Å². The van der Waals surface area contributed by atoms with Gasteiger partial charge in [-0.15, -0.1) is 0 Å². The van der Waals surface area contributed by atoms with Gasteiger partial charge in [0.15, 0.2) is 24.8 Å². The summed E-state index contributed by atoms with van der Waals surface area (Å²) in [6.45, 7) is 4.52. The first-order chi connectivity index (χ1) is 16.4. The third-order valence-electron chi connectivity index (χ3n) is 5.34. The van der Waals surface area contributed by atoms with Gasteiger partial charge in [0, 0.05) is 34.6 Å². The van der Waals surface area contributed by atoms with E-state index in [1.54, 1.807) is 0 Å². The van der Waals surface area contributed by atoms with Gasteiger partial charge in [-0.3, -0.25) is 9.59 Å². The number of nitrogens with one attached hydrogen (secondary N) is 2. The molecule has 0 saturated heterocycles. The van der Waals surface area contributed by atoms with E-state index in [1.807, 2.05) is 121 Å². The van der Waals surface area contributed by atoms with Gasteiger partial charge < -0.3 is 10.6 Å². The second-order valence-electron chi connectivity index (χ2n) is 8.36. The second kappa shape index (κ2) is 10.5. The molecular weight excluding hydrogens is 424 g/mol. The number of aryl methyl sites for hydroxylation is 2. The van der Waals surface area contributed by atoms with Crippen molar-refractivity contribution in [3.8, 4) is 11.1 Å². The van der Waals surface area contributed by atoms with Crippen molar-refractivity contribution in [2.75, 3.05) is 10.6 Å². The molecule has 6 nitrogen and oxygen atoms in total. The van der Waals surface area contributed by atoms with E-state index in [-0.39, 0.29) is 24.9 Å². The van der Waals surface area contributed by atoms with Crippen LogP contribution >= 0.6 is 0 Å². The van der Waals surface area contributed by atoms with Crippen LogP contribution in [0.1, 0.15) is 11.1 Å². The van der Waals surface area contributed by atoms with Gasteiger partial charge >= 0.3 is 0 Å². The monoisotopic (exact) mass is 452 g/mol. The molecule has 0 aliphatic heterocycles. The highest BCUT2D eigenvalue weighted by Gasteiger charge is 2.11. The summed E-state index contributed by atoms with van der Waals surface area (Å²) in [5.41, 5.74) is 5.77. The van der Waals surface area contributed by atoms with Crippen LogP contribution in [-0.2, 0) is 22.7 Å². The van der Waals surface area contributed by atoms with Crippen LogP contribution in [0, 0.1) is 13.8 Å². The van der Waals surface area contributed by atoms with Crippen molar-refractivity contribution in [2.45, 2.75) is 26.9 Å². The van der Waals surface area contributed by atoms with Crippen LogP contribution in [0.3, 0.4) is 0 Å². The standard InChI is InChI=1S/C28H26N4O2/c1-21-5-3-15-31(17-21)19-27(33)29-25-11-7-23(8-12-25)24-9-13-26(14-10-24)30-28(34)20-32-16-4-6-22(2)18-32/h3-18H,19-20H2,1-2H3/p+2. The first kappa shape index (κ1) is 22.9. The van der Waals surface area contributed by atoms with Crippen LogP contribution in [-0.4, -0.2) is 11.8 Å². The van der Waals surface area contributed by atoms with E-state index in [0.717, 1.165) is 33.6 Å². The Morgan fingerprint density at radius 3 is 1.35 bits per heavy atom. The summed E-state index contributed by atoms with van der Waals surface area (Å²) in [6.07, 6.45) is 7.64. The zero-order chi connectivity index (χ0) is 23.9. The van der Waals surface area contributed by atoms with E-state index in [9.17, 15) is 9.59 Å². The molecule has 6 heteroatoms. The van der Waals surface area contributed by atoms with Crippen molar-refractivity contribution in [1.29, 1.82) is 0 Å². The maximum atomic E-state index is 12.3. The fourth-order valence-electron chi connectivity index (χ4n) is 3.73. The van der Waals surface area contributed by atoms with E-state index >= 15 is 0 Å². The van der Waals surface area contributed by atoms with Gasteiger partial charge in [0.05, 0.1) is 0 Å². The number of hydrogen-bond acceptors (Lipinski definition) is 2. The Morgan fingerprint density at radius 2 is 1.00 bits per heavy atom. The van der Waals surface area contributed by atoms with Gasteiger partial charge in [-0.05, 0) is 61.4 Å². The second-order valence-corrected chi connectivity index (χ2v) is 8.36. The van der Waals surface area contributed by atoms with Gasteiger partial charge in [0.2, 0.25) is 13.1 Å². The molecule has 4 aromatic rings. The van der Waals surface area contributed by atoms with Gasteiger partial charge in [0.1, 0.15) is 0 Å². The largest absolute Gasteiger partial charge is 0.321 e. The normalized spacial score (nSPS) is 10.5. The molecule has 170 valence electrons. The van der Waals surface area contributed by atoms with Crippen molar-refractivity contribution in [1.82, 2.24) is 0 Å². The molecule has 0 spiro atoms. The van der Waals surface area contributed by atoms with Crippen molar-refractivity contribution in [2.24, 2.45) is 0 Å². The Morgan fingerprint density at radius 1 is 0.618 bits per heavy atom. The molecule has 0 aliphatic rings. The highest BCUT2D eigenvalue weighted by atomic mass is 16.2. The number of carbonyl (C=O) groups excluding carboxylic acids is 2. The van der Waals surface area contributed by atoms with Crippen molar-refractivity contribution >= 4 is 23.2 Å². The smallest absolute Gasteiger partial charge is 0.290 e. The number of pyridine rings is 2. The molecule has 2 aromatic heterocycles. The first-order valence-corrected chi connectivity index (χ1v) is 11.2. The molecule has 2 heterocycles. The third-order valence-corrected chi connectivity index (χ3v) is 5.34. The fourth-order valence-corrected chi connectivity index (χ4v) is 3.73. The zero-order valence-electron chi connectivity index (χ0n) is 19.4. The molecule has 0 aliphatic carbocycles. The van der Waals surface area contributed by atoms with Crippen LogP contribution < -0.4 is 19.8 Å². The molecule has 0 fully saturated rings. The summed E-state index contributed by atoms with van der Waals surface area (Å²) >= 11 is 0. The minimum Gasteiger partial charge on any atom is -0.321 e. The molecule has 0 saturated carbocycles. The molecule has 0 radical (unpaired) electrons. The van der Waals surface area contributed by atoms with Crippen LogP contribution in [0.4, 0.5) is 11.4 Å². The lowest BCUT2D eigenvalue weighted by Gasteiger charge is -2.08. The Bertz CT molecular complexity index is 1200. The maximum absolute atomic E-state index is 12.3. The van der Waals surface area contributed by atoms with Crippen molar-refractivity contribution in [3.05, 3.63) is 109 Å². The average Bonchev–Trinajstić information content (AvgIpc) is 2.80. The molecule has 2 amide bonds. The summed E-state index contributed by atoms with van der Waals surface area (Å²) in [6, 6.07) is 23.3. The predicted octanol–water partition coefficient (Wildman–Crippen LogP) is 3.82. The van der Waals surface area contributed by atoms with Crippen LogP contribution in [0.5, 0.6) is 0 Å². The highest BCUT2D eigenvalue weighted by molar-refractivity contribution is 5.91. The number of hydrogen-bond donors (Lipinski definition) is 2. The summed E-state index contributed by atoms with van der Waals surface area (Å²) < 4.78 is 3.72. The Labute approximate surface area is 199 Å². The van der Waals surface area contributed by atoms with Crippen molar-refractivity contribution < 1.29 is 18.7 Å². The SMILES string of the molecule is Cc1ccc[n+](CC(=O)Nc2ccc(-c3ccc(NC(=O)C[n+]4cccc(C)c4)cc3)cc2)c1.